The maximum absolute atomic E-state index is 11.3. The van der Waals surface area contributed by atoms with Crippen molar-refractivity contribution >= 4 is 23.1 Å². The molecule has 0 N–H and O–H groups in total. The summed E-state index contributed by atoms with van der Waals surface area (Å²) >= 11 is 0. The maximum atomic E-state index is 11.3. The van der Waals surface area contributed by atoms with E-state index in [-0.39, 0.29) is 0 Å². The van der Waals surface area contributed by atoms with Crippen molar-refractivity contribution in [2.75, 3.05) is 0 Å². The second-order valence-electron chi connectivity index (χ2n) is 5.48. The molecule has 1 aromatic carbocycles. The van der Waals surface area contributed by atoms with Crippen LogP contribution in [-0.4, -0.2) is 29.5 Å². The number of nitrogens with zero attached hydrogens (tertiary/aromatic N) is 6. The lowest BCUT2D eigenvalue weighted by molar-refractivity contribution is -0.463. The van der Waals surface area contributed by atoms with Crippen LogP contribution in [0, 0.1) is 66.7 Å². The second kappa shape index (κ2) is 7.98. The van der Waals surface area contributed by atoms with Crippen molar-refractivity contribution in [1.82, 2.24) is 0 Å². The third kappa shape index (κ3) is 4.26. The van der Waals surface area contributed by atoms with Gasteiger partial charge in [0.05, 0.1) is 26.9 Å². The standard InChI is InChI=1S/C13H5N6O12/c20-14(21)6-1-10(16(24)25)8(11(2-6)17(26)27)5-9-12(18(28)29)3-7(15(22)23)4-13(9)19(30)31/h1-5H/q-1. The number of nitro benzene ring substituents is 3. The molecule has 0 aromatic heterocycles. The molecule has 0 bridgehead atoms. The normalized spacial score (nSPS) is 13.0. The van der Waals surface area contributed by atoms with Gasteiger partial charge in [-0.3, -0.25) is 60.7 Å². The Morgan fingerprint density at radius 2 is 1.06 bits per heavy atom. The molecule has 0 radical (unpaired) electrons. The Labute approximate surface area is 167 Å². The number of hydrogen-bond acceptors (Lipinski definition) is 12. The number of hydrogen-bond donors (Lipinski definition) is 0. The van der Waals surface area contributed by atoms with Gasteiger partial charge in [0.2, 0.25) is 0 Å². The summed E-state index contributed by atoms with van der Waals surface area (Å²) in [4.78, 5) is 59.7. The van der Waals surface area contributed by atoms with E-state index in [1.807, 2.05) is 0 Å². The van der Waals surface area contributed by atoms with Crippen LogP contribution in [0.4, 0.5) is 17.1 Å². The van der Waals surface area contributed by atoms with E-state index in [0.29, 0.717) is 30.4 Å². The highest BCUT2D eigenvalue weighted by atomic mass is 16.6. The van der Waals surface area contributed by atoms with E-state index in [1.165, 1.54) is 0 Å². The fraction of sp³-hybridized carbons (Fsp3) is 0. The van der Waals surface area contributed by atoms with Crippen molar-refractivity contribution in [1.29, 1.82) is 0 Å². The highest BCUT2D eigenvalue weighted by molar-refractivity contribution is 5.78. The van der Waals surface area contributed by atoms with Gasteiger partial charge >= 0.3 is 0 Å². The Balaban J connectivity index is 2.96. The van der Waals surface area contributed by atoms with Crippen molar-refractivity contribution in [3.63, 3.8) is 0 Å². The number of rotatable bonds is 7. The van der Waals surface area contributed by atoms with Gasteiger partial charge in [-0.25, -0.2) is 0 Å². The summed E-state index contributed by atoms with van der Waals surface area (Å²) < 4.78 is 0. The molecule has 1 aliphatic rings. The Bertz CT molecular complexity index is 1100. The first-order valence-corrected chi connectivity index (χ1v) is 7.42. The molecule has 18 nitrogen and oxygen atoms in total. The number of nitro groups is 6. The van der Waals surface area contributed by atoms with Gasteiger partial charge in [-0.05, 0) is 18.2 Å². The predicted octanol–water partition coefficient (Wildman–Crippen LogP) is 1.94. The third-order valence-electron chi connectivity index (χ3n) is 3.74. The second-order valence-corrected chi connectivity index (χ2v) is 5.48. The van der Waals surface area contributed by atoms with Gasteiger partial charge in [0.1, 0.15) is 5.56 Å². The molecular formula is C13H5N6O12-. The molecular weight excluding hydrogens is 432 g/mol. The molecule has 0 aliphatic heterocycles. The number of benzene rings is 1. The van der Waals surface area contributed by atoms with Gasteiger partial charge in [-0.15, -0.1) is 0 Å². The predicted molar refractivity (Wildman–Crippen MR) is 94.8 cm³/mol. The fourth-order valence-electron chi connectivity index (χ4n) is 2.47. The minimum absolute atomic E-state index is 0.321. The minimum atomic E-state index is -1.27. The van der Waals surface area contributed by atoms with Crippen molar-refractivity contribution in [2.24, 2.45) is 0 Å². The van der Waals surface area contributed by atoms with Crippen molar-refractivity contribution in [3.05, 3.63) is 114 Å². The van der Waals surface area contributed by atoms with Crippen LogP contribution in [-0.2, 0) is 0 Å². The SMILES string of the molecule is O=[N+]([O-])C1=C[C-]([N+](=O)[O-])C=C([N+](=O)[O-])C1=Cc1c([N+](=O)[O-])cc([N+](=O)[O-])cc1[N+](=O)[O-]. The summed E-state index contributed by atoms with van der Waals surface area (Å²) in [6.07, 6.45) is 0.976. The van der Waals surface area contributed by atoms with Crippen molar-refractivity contribution in [3.8, 4) is 0 Å². The molecule has 0 fully saturated rings. The maximum Gasteiger partial charge on any atom is 0.290 e. The summed E-state index contributed by atoms with van der Waals surface area (Å²) in [5.74, 6) is 0. The number of non-ortho nitro benzene ring substituents is 1. The van der Waals surface area contributed by atoms with Gasteiger partial charge in [0.25, 0.3) is 17.1 Å². The molecule has 0 atom stereocenters. The van der Waals surface area contributed by atoms with Crippen molar-refractivity contribution < 1.29 is 29.5 Å². The molecule has 0 saturated heterocycles. The quantitative estimate of drug-likeness (QED) is 0.336. The zero-order valence-corrected chi connectivity index (χ0v) is 14.5. The molecule has 1 aliphatic carbocycles. The summed E-state index contributed by atoms with van der Waals surface area (Å²) in [5, 5.41) is 67.1. The smallest absolute Gasteiger partial charge is 0.270 e. The van der Waals surface area contributed by atoms with E-state index < -0.39 is 75.2 Å². The van der Waals surface area contributed by atoms with E-state index in [1.54, 1.807) is 0 Å². The first-order valence-electron chi connectivity index (χ1n) is 7.42. The molecule has 0 amide bonds. The Morgan fingerprint density at radius 1 is 0.645 bits per heavy atom. The van der Waals surface area contributed by atoms with E-state index in [9.17, 15) is 60.7 Å². The highest BCUT2D eigenvalue weighted by Crippen LogP contribution is 2.39. The van der Waals surface area contributed by atoms with E-state index in [0.717, 1.165) is 0 Å². The first kappa shape index (κ1) is 22.0. The van der Waals surface area contributed by atoms with Crippen LogP contribution in [0.2, 0.25) is 0 Å². The van der Waals surface area contributed by atoms with Crippen LogP contribution in [0.25, 0.3) is 6.08 Å². The molecule has 0 saturated carbocycles. The third-order valence-corrected chi connectivity index (χ3v) is 3.74. The van der Waals surface area contributed by atoms with Gasteiger partial charge < -0.3 is 0 Å². The summed E-state index contributed by atoms with van der Waals surface area (Å²) in [7, 11) is 0. The minimum Gasteiger partial charge on any atom is -0.270 e. The van der Waals surface area contributed by atoms with E-state index >= 15 is 0 Å². The Kier molecular flexibility index (Phi) is 5.67. The van der Waals surface area contributed by atoms with Crippen LogP contribution in [0.3, 0.4) is 0 Å². The van der Waals surface area contributed by atoms with Gasteiger partial charge in [-0.1, -0.05) is 0 Å². The largest absolute Gasteiger partial charge is 0.290 e. The first-order chi connectivity index (χ1) is 14.3. The molecule has 0 heterocycles. The lowest BCUT2D eigenvalue weighted by Gasteiger charge is -2.17. The Hall–Kier alpha value is -5.29. The summed E-state index contributed by atoms with van der Waals surface area (Å²) in [6, 6.07) is -0.410. The van der Waals surface area contributed by atoms with Gasteiger partial charge in [0, 0.05) is 20.3 Å². The fourth-order valence-corrected chi connectivity index (χ4v) is 2.47. The lowest BCUT2D eigenvalue weighted by atomic mass is 9.96. The molecule has 160 valence electrons. The van der Waals surface area contributed by atoms with Gasteiger partial charge in [0.15, 0.2) is 17.4 Å². The average molecular weight is 437 g/mol. The zero-order valence-electron chi connectivity index (χ0n) is 14.5. The molecule has 2 rings (SSSR count). The highest BCUT2D eigenvalue weighted by Gasteiger charge is 2.34. The average Bonchev–Trinajstić information content (AvgIpc) is 2.66. The van der Waals surface area contributed by atoms with Crippen LogP contribution in [0.5, 0.6) is 0 Å². The molecule has 1 aromatic rings. The Morgan fingerprint density at radius 3 is 1.35 bits per heavy atom. The monoisotopic (exact) mass is 437 g/mol. The summed E-state index contributed by atoms with van der Waals surface area (Å²) in [6.45, 7) is 0. The van der Waals surface area contributed by atoms with Crippen LogP contribution in [0.15, 0.2) is 41.3 Å². The molecule has 18 heteroatoms. The van der Waals surface area contributed by atoms with E-state index in [2.05, 4.69) is 0 Å². The molecule has 31 heavy (non-hydrogen) atoms. The lowest BCUT2D eigenvalue weighted by Crippen LogP contribution is -2.19. The van der Waals surface area contributed by atoms with Crippen LogP contribution in [0.1, 0.15) is 5.56 Å². The summed E-state index contributed by atoms with van der Waals surface area (Å²) in [5.41, 5.74) is -8.10. The zero-order chi connectivity index (χ0) is 23.6. The van der Waals surface area contributed by atoms with Crippen LogP contribution >= 0.6 is 0 Å². The van der Waals surface area contributed by atoms with E-state index in [4.69, 9.17) is 0 Å². The molecule has 0 unspecified atom stereocenters. The van der Waals surface area contributed by atoms with Gasteiger partial charge in [-0.2, -0.15) is 0 Å². The molecule has 0 spiro atoms. The van der Waals surface area contributed by atoms with Crippen molar-refractivity contribution in [2.45, 2.75) is 0 Å². The topological polar surface area (TPSA) is 259 Å². The van der Waals surface area contributed by atoms with Crippen LogP contribution < -0.4 is 0 Å².